The number of halogens is 1. The number of hydrogen-bond donors (Lipinski definition) is 0. The third-order valence-corrected chi connectivity index (χ3v) is 4.55. The number of aromatic nitrogens is 3. The van der Waals surface area contributed by atoms with Crippen LogP contribution < -0.4 is 4.80 Å². The minimum absolute atomic E-state index is 0.254. The molecule has 24 heavy (non-hydrogen) atoms. The summed E-state index contributed by atoms with van der Waals surface area (Å²) in [5, 5.41) is 4.26. The molecule has 0 radical (unpaired) electrons. The fourth-order valence-electron chi connectivity index (χ4n) is 2.48. The summed E-state index contributed by atoms with van der Waals surface area (Å²) < 4.78 is 17.5. The highest BCUT2D eigenvalue weighted by atomic mass is 32.1. The van der Waals surface area contributed by atoms with Gasteiger partial charge in [-0.2, -0.15) is 10.1 Å². The quantitative estimate of drug-likeness (QED) is 0.687. The van der Waals surface area contributed by atoms with Gasteiger partial charge in [0.05, 0.1) is 22.5 Å². The molecule has 1 aromatic carbocycles. The van der Waals surface area contributed by atoms with Crippen molar-refractivity contribution in [1.29, 1.82) is 0 Å². The van der Waals surface area contributed by atoms with Crippen LogP contribution in [0.1, 0.15) is 23.1 Å². The first kappa shape index (κ1) is 16.1. The van der Waals surface area contributed by atoms with Gasteiger partial charge in [-0.3, -0.25) is 9.48 Å². The number of hydrogen-bond acceptors (Lipinski definition) is 3. The van der Waals surface area contributed by atoms with E-state index in [4.69, 9.17) is 6.42 Å². The Labute approximate surface area is 142 Å². The molecule has 7 heteroatoms. The van der Waals surface area contributed by atoms with E-state index >= 15 is 0 Å². The molecule has 0 aliphatic rings. The van der Waals surface area contributed by atoms with E-state index < -0.39 is 5.91 Å². The number of carbonyl (C=O) groups is 1. The zero-order valence-corrected chi connectivity index (χ0v) is 14.1. The van der Waals surface area contributed by atoms with E-state index in [1.807, 2.05) is 13.8 Å². The van der Waals surface area contributed by atoms with E-state index in [0.717, 1.165) is 11.2 Å². The fourth-order valence-corrected chi connectivity index (χ4v) is 3.53. The molecule has 0 bridgehead atoms. The summed E-state index contributed by atoms with van der Waals surface area (Å²) in [6.07, 6.45) is 5.42. The highest BCUT2D eigenvalue weighted by molar-refractivity contribution is 7.16. The minimum atomic E-state index is -0.393. The maximum absolute atomic E-state index is 13.4. The SMILES string of the molecule is C#CCn1c(=NC(=O)c2cc(C)nn2CC)sc2cc(F)ccc21. The third-order valence-electron chi connectivity index (χ3n) is 3.51. The molecule has 3 aromatic rings. The van der Waals surface area contributed by atoms with Crippen LogP contribution in [0.5, 0.6) is 0 Å². The summed E-state index contributed by atoms with van der Waals surface area (Å²) >= 11 is 1.23. The predicted octanol–water partition coefficient (Wildman–Crippen LogP) is 2.74. The topological polar surface area (TPSA) is 52.2 Å². The van der Waals surface area contributed by atoms with Crippen LogP contribution in [0.2, 0.25) is 0 Å². The summed E-state index contributed by atoms with van der Waals surface area (Å²) in [5.41, 5.74) is 1.93. The molecular weight excluding hydrogens is 327 g/mol. The number of carbonyl (C=O) groups excluding carboxylic acids is 1. The molecule has 122 valence electrons. The van der Waals surface area contributed by atoms with E-state index in [9.17, 15) is 9.18 Å². The van der Waals surface area contributed by atoms with E-state index in [0.29, 0.717) is 21.7 Å². The molecule has 3 rings (SSSR count). The smallest absolute Gasteiger partial charge is 0.297 e. The molecule has 0 atom stereocenters. The van der Waals surface area contributed by atoms with Gasteiger partial charge in [-0.1, -0.05) is 17.3 Å². The minimum Gasteiger partial charge on any atom is -0.305 e. The molecule has 2 heterocycles. The molecule has 0 saturated carbocycles. The second kappa shape index (κ2) is 6.42. The van der Waals surface area contributed by atoms with Crippen LogP contribution in [0.4, 0.5) is 4.39 Å². The molecule has 0 aliphatic heterocycles. The molecule has 2 aromatic heterocycles. The van der Waals surface area contributed by atoms with Crippen LogP contribution in [-0.4, -0.2) is 20.3 Å². The molecule has 0 N–H and O–H groups in total. The van der Waals surface area contributed by atoms with Crippen LogP contribution in [0.3, 0.4) is 0 Å². The molecule has 0 aliphatic carbocycles. The first-order valence-electron chi connectivity index (χ1n) is 7.39. The van der Waals surface area contributed by atoms with Crippen LogP contribution in [0.15, 0.2) is 29.3 Å². The number of thiazole rings is 1. The molecule has 1 amide bonds. The summed E-state index contributed by atoms with van der Waals surface area (Å²) in [5.74, 6) is 1.81. The summed E-state index contributed by atoms with van der Waals surface area (Å²) in [6, 6.07) is 6.12. The van der Waals surface area contributed by atoms with E-state index in [-0.39, 0.29) is 12.4 Å². The van der Waals surface area contributed by atoms with E-state index in [2.05, 4.69) is 16.0 Å². The zero-order valence-electron chi connectivity index (χ0n) is 13.3. The molecule has 0 fully saturated rings. The van der Waals surface area contributed by atoms with Gasteiger partial charge >= 0.3 is 0 Å². The highest BCUT2D eigenvalue weighted by Gasteiger charge is 2.14. The monoisotopic (exact) mass is 342 g/mol. The lowest BCUT2D eigenvalue weighted by Crippen LogP contribution is -2.18. The number of terminal acetylenes is 1. The second-order valence-electron chi connectivity index (χ2n) is 5.19. The van der Waals surface area contributed by atoms with Crippen molar-refractivity contribution in [2.24, 2.45) is 4.99 Å². The van der Waals surface area contributed by atoms with Gasteiger partial charge in [0.15, 0.2) is 4.80 Å². The Bertz CT molecular complexity index is 1040. The molecule has 0 saturated heterocycles. The summed E-state index contributed by atoms with van der Waals surface area (Å²) in [6.45, 7) is 4.56. The molecular formula is C17H15FN4OS. The van der Waals surface area contributed by atoms with Crippen LogP contribution >= 0.6 is 11.3 Å². The van der Waals surface area contributed by atoms with E-state index in [1.54, 1.807) is 21.4 Å². The summed E-state index contributed by atoms with van der Waals surface area (Å²) in [7, 11) is 0. The lowest BCUT2D eigenvalue weighted by molar-refractivity contribution is 0.0987. The predicted molar refractivity (Wildman–Crippen MR) is 91.1 cm³/mol. The summed E-state index contributed by atoms with van der Waals surface area (Å²) in [4.78, 5) is 17.2. The number of amides is 1. The van der Waals surface area contributed by atoms with Crippen LogP contribution in [0.25, 0.3) is 10.2 Å². The van der Waals surface area contributed by atoms with Gasteiger partial charge in [0.2, 0.25) is 0 Å². The first-order chi connectivity index (χ1) is 11.5. The number of benzene rings is 1. The largest absolute Gasteiger partial charge is 0.305 e. The highest BCUT2D eigenvalue weighted by Crippen LogP contribution is 2.18. The van der Waals surface area contributed by atoms with Gasteiger partial charge in [-0.15, -0.1) is 6.42 Å². The normalized spacial score (nSPS) is 11.8. The molecule has 0 spiro atoms. The van der Waals surface area contributed by atoms with Gasteiger partial charge in [0, 0.05) is 6.54 Å². The molecule has 5 nitrogen and oxygen atoms in total. The van der Waals surface area contributed by atoms with Crippen molar-refractivity contribution < 1.29 is 9.18 Å². The Hall–Kier alpha value is -2.72. The van der Waals surface area contributed by atoms with Crippen molar-refractivity contribution >= 4 is 27.5 Å². The standard InChI is InChI=1S/C17H15FN4OS/c1-4-8-21-13-7-6-12(18)10-15(13)24-17(21)19-16(23)14-9-11(3)20-22(14)5-2/h1,6-7,9-10H,5,8H2,2-3H3. The van der Waals surface area contributed by atoms with Gasteiger partial charge in [-0.25, -0.2) is 4.39 Å². The van der Waals surface area contributed by atoms with Crippen molar-refractivity contribution in [3.63, 3.8) is 0 Å². The Kier molecular flexibility index (Phi) is 4.32. The van der Waals surface area contributed by atoms with Crippen molar-refractivity contribution in [3.05, 3.63) is 46.3 Å². The number of fused-ring (bicyclic) bond motifs is 1. The van der Waals surface area contributed by atoms with Gasteiger partial charge in [-0.05, 0) is 38.1 Å². The van der Waals surface area contributed by atoms with Gasteiger partial charge < -0.3 is 4.57 Å². The maximum Gasteiger partial charge on any atom is 0.297 e. The Morgan fingerprint density at radius 3 is 2.96 bits per heavy atom. The average molecular weight is 342 g/mol. The van der Waals surface area contributed by atoms with Crippen LogP contribution in [-0.2, 0) is 13.1 Å². The van der Waals surface area contributed by atoms with Crippen molar-refractivity contribution in [2.75, 3.05) is 0 Å². The lowest BCUT2D eigenvalue weighted by Gasteiger charge is -2.01. The average Bonchev–Trinajstić information content (AvgIpc) is 3.08. The van der Waals surface area contributed by atoms with Crippen molar-refractivity contribution in [3.8, 4) is 12.3 Å². The number of aryl methyl sites for hydroxylation is 2. The van der Waals surface area contributed by atoms with Crippen LogP contribution in [0, 0.1) is 25.1 Å². The third kappa shape index (κ3) is 2.88. The maximum atomic E-state index is 13.4. The number of nitrogens with zero attached hydrogens (tertiary/aromatic N) is 4. The Morgan fingerprint density at radius 2 is 2.25 bits per heavy atom. The Balaban J connectivity index is 2.17. The number of rotatable bonds is 3. The van der Waals surface area contributed by atoms with Crippen molar-refractivity contribution in [1.82, 2.24) is 14.3 Å². The zero-order chi connectivity index (χ0) is 17.3. The van der Waals surface area contributed by atoms with Gasteiger partial charge in [0.25, 0.3) is 5.91 Å². The second-order valence-corrected chi connectivity index (χ2v) is 6.20. The van der Waals surface area contributed by atoms with Gasteiger partial charge in [0.1, 0.15) is 11.5 Å². The molecule has 0 unspecified atom stereocenters. The van der Waals surface area contributed by atoms with Crippen molar-refractivity contribution in [2.45, 2.75) is 26.9 Å². The lowest BCUT2D eigenvalue weighted by atomic mass is 10.3. The Morgan fingerprint density at radius 1 is 1.46 bits per heavy atom. The fraction of sp³-hybridized carbons (Fsp3) is 0.235. The van der Waals surface area contributed by atoms with E-state index in [1.165, 1.54) is 23.5 Å². The first-order valence-corrected chi connectivity index (χ1v) is 8.21.